The zero-order chi connectivity index (χ0) is 11.8. The lowest BCUT2D eigenvalue weighted by Crippen LogP contribution is -2.27. The molecule has 1 heterocycles. The molecule has 0 saturated carbocycles. The van der Waals surface area contributed by atoms with Gasteiger partial charge in [0.15, 0.2) is 6.29 Å². The highest BCUT2D eigenvalue weighted by Gasteiger charge is 2.18. The lowest BCUT2D eigenvalue weighted by molar-refractivity contribution is -0.173. The number of aliphatic hydroxyl groups is 1. The van der Waals surface area contributed by atoms with E-state index in [4.69, 9.17) is 14.6 Å². The van der Waals surface area contributed by atoms with Crippen LogP contribution in [0.4, 0.5) is 0 Å². The third-order valence-electron chi connectivity index (χ3n) is 2.52. The highest BCUT2D eigenvalue weighted by atomic mass is 16.7. The van der Waals surface area contributed by atoms with E-state index in [1.54, 1.807) is 6.92 Å². The molecule has 3 heteroatoms. The van der Waals surface area contributed by atoms with E-state index < -0.39 is 6.10 Å². The van der Waals surface area contributed by atoms with Crippen LogP contribution in [0.25, 0.3) is 0 Å². The standard InChI is InChI=1S/C13H22O3/c1-11-7-8-13(16-10-11)15-9-5-3-4-6-12(2)14/h11-14H,3,5,7-10H2,1-2H3/t11-,12?,13-/m0/s1. The minimum atomic E-state index is -0.524. The minimum Gasteiger partial charge on any atom is -0.381 e. The lowest BCUT2D eigenvalue weighted by atomic mass is 10.0. The van der Waals surface area contributed by atoms with E-state index in [-0.39, 0.29) is 6.29 Å². The molecule has 3 atom stereocenters. The number of ether oxygens (including phenoxy) is 2. The van der Waals surface area contributed by atoms with Crippen molar-refractivity contribution in [1.29, 1.82) is 0 Å². The molecular weight excluding hydrogens is 204 g/mol. The van der Waals surface area contributed by atoms with Gasteiger partial charge in [-0.1, -0.05) is 12.8 Å². The second-order valence-corrected chi connectivity index (χ2v) is 4.42. The summed E-state index contributed by atoms with van der Waals surface area (Å²) in [5.41, 5.74) is 0. The quantitative estimate of drug-likeness (QED) is 0.588. The van der Waals surface area contributed by atoms with E-state index in [0.717, 1.165) is 25.9 Å². The molecule has 0 aromatic rings. The maximum atomic E-state index is 8.91. The summed E-state index contributed by atoms with van der Waals surface area (Å²) < 4.78 is 11.1. The fourth-order valence-electron chi connectivity index (χ4n) is 1.59. The lowest BCUT2D eigenvalue weighted by Gasteiger charge is -2.26. The molecule has 0 amide bonds. The molecule has 1 aliphatic heterocycles. The van der Waals surface area contributed by atoms with Gasteiger partial charge in [-0.3, -0.25) is 0 Å². The van der Waals surface area contributed by atoms with Gasteiger partial charge in [-0.05, 0) is 32.1 Å². The average molecular weight is 226 g/mol. The van der Waals surface area contributed by atoms with Gasteiger partial charge in [-0.15, -0.1) is 5.92 Å². The Morgan fingerprint density at radius 1 is 1.50 bits per heavy atom. The highest BCUT2D eigenvalue weighted by Crippen LogP contribution is 2.18. The number of hydrogen-bond acceptors (Lipinski definition) is 3. The molecule has 0 radical (unpaired) electrons. The Kier molecular flexibility index (Phi) is 6.47. The van der Waals surface area contributed by atoms with Crippen LogP contribution in [0.15, 0.2) is 0 Å². The van der Waals surface area contributed by atoms with Crippen molar-refractivity contribution in [3.05, 3.63) is 0 Å². The first-order chi connectivity index (χ1) is 7.68. The molecule has 0 spiro atoms. The highest BCUT2D eigenvalue weighted by molar-refractivity contribution is 5.02. The largest absolute Gasteiger partial charge is 0.381 e. The number of aliphatic hydroxyl groups excluding tert-OH is 1. The predicted octanol–water partition coefficient (Wildman–Crippen LogP) is 1.94. The summed E-state index contributed by atoms with van der Waals surface area (Å²) in [6.07, 6.45) is 3.32. The van der Waals surface area contributed by atoms with Gasteiger partial charge in [0.05, 0.1) is 13.2 Å². The van der Waals surface area contributed by atoms with Crippen LogP contribution >= 0.6 is 0 Å². The van der Waals surface area contributed by atoms with E-state index in [0.29, 0.717) is 12.5 Å². The van der Waals surface area contributed by atoms with Crippen LogP contribution in [0.3, 0.4) is 0 Å². The van der Waals surface area contributed by atoms with E-state index in [9.17, 15) is 0 Å². The molecule has 1 aliphatic rings. The van der Waals surface area contributed by atoms with Crippen LogP contribution in [-0.4, -0.2) is 30.7 Å². The van der Waals surface area contributed by atoms with Crippen molar-refractivity contribution in [1.82, 2.24) is 0 Å². The Hall–Kier alpha value is -0.560. The van der Waals surface area contributed by atoms with Gasteiger partial charge < -0.3 is 14.6 Å². The first kappa shape index (κ1) is 13.5. The van der Waals surface area contributed by atoms with E-state index in [2.05, 4.69) is 18.8 Å². The van der Waals surface area contributed by atoms with Crippen molar-refractivity contribution < 1.29 is 14.6 Å². The molecule has 0 aromatic carbocycles. The van der Waals surface area contributed by atoms with Crippen LogP contribution in [0.2, 0.25) is 0 Å². The predicted molar refractivity (Wildman–Crippen MR) is 62.8 cm³/mol. The number of unbranched alkanes of at least 4 members (excludes halogenated alkanes) is 1. The maximum Gasteiger partial charge on any atom is 0.157 e. The molecule has 1 fully saturated rings. The summed E-state index contributed by atoms with van der Waals surface area (Å²) in [6.45, 7) is 5.36. The van der Waals surface area contributed by atoms with E-state index in [1.165, 1.54) is 6.42 Å². The van der Waals surface area contributed by atoms with E-state index >= 15 is 0 Å². The molecule has 16 heavy (non-hydrogen) atoms. The van der Waals surface area contributed by atoms with Crippen molar-refractivity contribution in [3.63, 3.8) is 0 Å². The Balaban J connectivity index is 1.98. The smallest absolute Gasteiger partial charge is 0.157 e. The maximum absolute atomic E-state index is 8.91. The molecule has 3 nitrogen and oxygen atoms in total. The van der Waals surface area contributed by atoms with Crippen LogP contribution < -0.4 is 0 Å². The SMILES string of the molecule is CC(O)C#CCCCO[C@@H]1CC[C@H](C)CO1. The summed E-state index contributed by atoms with van der Waals surface area (Å²) in [6, 6.07) is 0. The Bertz CT molecular complexity index is 231. The van der Waals surface area contributed by atoms with Gasteiger partial charge in [-0.2, -0.15) is 0 Å². The molecule has 1 N–H and O–H groups in total. The molecular formula is C13H22O3. The molecule has 1 rings (SSSR count). The van der Waals surface area contributed by atoms with Crippen molar-refractivity contribution in [3.8, 4) is 11.8 Å². The van der Waals surface area contributed by atoms with Gasteiger partial charge in [-0.25, -0.2) is 0 Å². The number of hydrogen-bond donors (Lipinski definition) is 1. The second-order valence-electron chi connectivity index (χ2n) is 4.42. The zero-order valence-electron chi connectivity index (χ0n) is 10.2. The normalized spacial score (nSPS) is 26.9. The summed E-state index contributed by atoms with van der Waals surface area (Å²) in [7, 11) is 0. The Labute approximate surface area is 98.1 Å². The average Bonchev–Trinajstić information content (AvgIpc) is 2.25. The fourth-order valence-corrected chi connectivity index (χ4v) is 1.59. The fraction of sp³-hybridized carbons (Fsp3) is 0.846. The first-order valence-corrected chi connectivity index (χ1v) is 6.08. The van der Waals surface area contributed by atoms with Gasteiger partial charge >= 0.3 is 0 Å². The summed E-state index contributed by atoms with van der Waals surface area (Å²) in [4.78, 5) is 0. The van der Waals surface area contributed by atoms with Crippen LogP contribution in [0, 0.1) is 17.8 Å². The van der Waals surface area contributed by atoms with Gasteiger partial charge in [0.2, 0.25) is 0 Å². The summed E-state index contributed by atoms with van der Waals surface area (Å²) in [5, 5.41) is 8.91. The molecule has 1 unspecified atom stereocenters. The van der Waals surface area contributed by atoms with Crippen LogP contribution in [-0.2, 0) is 9.47 Å². The monoisotopic (exact) mass is 226 g/mol. The molecule has 0 bridgehead atoms. The van der Waals surface area contributed by atoms with Crippen LogP contribution in [0.5, 0.6) is 0 Å². The van der Waals surface area contributed by atoms with Crippen molar-refractivity contribution in [2.75, 3.05) is 13.2 Å². The second kappa shape index (κ2) is 7.67. The third kappa shape index (κ3) is 6.12. The first-order valence-electron chi connectivity index (χ1n) is 6.08. The topological polar surface area (TPSA) is 38.7 Å². The Morgan fingerprint density at radius 3 is 2.94 bits per heavy atom. The van der Waals surface area contributed by atoms with Crippen molar-refractivity contribution in [2.45, 2.75) is 51.9 Å². The molecule has 92 valence electrons. The number of rotatable bonds is 4. The zero-order valence-corrected chi connectivity index (χ0v) is 10.2. The Morgan fingerprint density at radius 2 is 2.31 bits per heavy atom. The molecule has 0 aromatic heterocycles. The summed E-state index contributed by atoms with van der Waals surface area (Å²) >= 11 is 0. The summed E-state index contributed by atoms with van der Waals surface area (Å²) in [5.74, 6) is 6.28. The van der Waals surface area contributed by atoms with Crippen molar-refractivity contribution >= 4 is 0 Å². The van der Waals surface area contributed by atoms with Gasteiger partial charge in [0.25, 0.3) is 0 Å². The van der Waals surface area contributed by atoms with Gasteiger partial charge in [0, 0.05) is 6.42 Å². The third-order valence-corrected chi connectivity index (χ3v) is 2.52. The van der Waals surface area contributed by atoms with E-state index in [1.807, 2.05) is 0 Å². The van der Waals surface area contributed by atoms with Crippen LogP contribution in [0.1, 0.15) is 39.5 Å². The molecule has 1 saturated heterocycles. The molecule has 0 aliphatic carbocycles. The minimum absolute atomic E-state index is 0.0130. The van der Waals surface area contributed by atoms with Gasteiger partial charge in [0.1, 0.15) is 6.10 Å². The van der Waals surface area contributed by atoms with Crippen molar-refractivity contribution in [2.24, 2.45) is 5.92 Å².